The Balaban J connectivity index is 1.44. The van der Waals surface area contributed by atoms with Crippen molar-refractivity contribution in [3.63, 3.8) is 0 Å². The summed E-state index contributed by atoms with van der Waals surface area (Å²) in [6, 6.07) is 20.3. The van der Waals surface area contributed by atoms with Crippen molar-refractivity contribution < 1.29 is 19.8 Å². The number of benzene rings is 3. The lowest BCUT2D eigenvalue weighted by Gasteiger charge is -2.45. The van der Waals surface area contributed by atoms with E-state index in [4.69, 9.17) is 0 Å². The highest BCUT2D eigenvalue weighted by molar-refractivity contribution is 6.08. The van der Waals surface area contributed by atoms with E-state index in [1.165, 1.54) is 18.3 Å². The summed E-state index contributed by atoms with van der Waals surface area (Å²) in [5.41, 5.74) is 4.93. The van der Waals surface area contributed by atoms with Crippen molar-refractivity contribution in [3.05, 3.63) is 94.5 Å². The number of rotatable bonds is 2. The van der Waals surface area contributed by atoms with Crippen molar-refractivity contribution in [1.82, 2.24) is 5.01 Å². The van der Waals surface area contributed by atoms with E-state index in [9.17, 15) is 19.8 Å². The number of amides is 2. The fourth-order valence-corrected chi connectivity index (χ4v) is 5.52. The molecule has 2 unspecified atom stereocenters. The molecule has 7 rings (SSSR count). The fourth-order valence-electron chi connectivity index (χ4n) is 5.52. The standard InChI is InChI=1S/C25H18N2O4/c28-18-10-9-13(11-19(18)29)12-26-27-24(30)22-20-14-5-1-2-6-15(14)21(23(22)25(27)31)17-8-4-3-7-16(17)20/h1-12,20-23,28-29H. The van der Waals surface area contributed by atoms with Gasteiger partial charge in [0.1, 0.15) is 0 Å². The minimum absolute atomic E-state index is 0.170. The minimum atomic E-state index is -0.479. The molecule has 3 aromatic carbocycles. The molecule has 2 N–H and O–H groups in total. The number of imide groups is 1. The van der Waals surface area contributed by atoms with Crippen molar-refractivity contribution in [3.8, 4) is 11.5 Å². The lowest BCUT2D eigenvalue weighted by molar-refractivity contribution is -0.139. The zero-order chi connectivity index (χ0) is 21.3. The molecule has 31 heavy (non-hydrogen) atoms. The van der Waals surface area contributed by atoms with Gasteiger partial charge in [-0.2, -0.15) is 10.1 Å². The SMILES string of the molecule is O=C1C2C3c4ccccc4C(c4ccccc43)C2C(=O)N1N=Cc1ccc(O)c(O)c1. The van der Waals surface area contributed by atoms with Gasteiger partial charge in [-0.3, -0.25) is 9.59 Å². The van der Waals surface area contributed by atoms with Gasteiger partial charge in [0.2, 0.25) is 0 Å². The highest BCUT2D eigenvalue weighted by Gasteiger charge is 2.61. The summed E-state index contributed by atoms with van der Waals surface area (Å²) in [7, 11) is 0. The van der Waals surface area contributed by atoms with Gasteiger partial charge < -0.3 is 10.2 Å². The van der Waals surface area contributed by atoms with E-state index in [2.05, 4.69) is 29.4 Å². The lowest BCUT2D eigenvalue weighted by Crippen LogP contribution is -2.41. The maximum atomic E-state index is 13.4. The predicted molar refractivity (Wildman–Crippen MR) is 113 cm³/mol. The molecule has 4 aliphatic rings. The minimum Gasteiger partial charge on any atom is -0.504 e. The molecule has 2 atom stereocenters. The molecule has 0 saturated carbocycles. The van der Waals surface area contributed by atoms with Gasteiger partial charge >= 0.3 is 0 Å². The topological polar surface area (TPSA) is 90.2 Å². The Morgan fingerprint density at radius 1 is 0.710 bits per heavy atom. The summed E-state index contributed by atoms with van der Waals surface area (Å²) >= 11 is 0. The summed E-state index contributed by atoms with van der Waals surface area (Å²) < 4.78 is 0. The second-order valence-electron chi connectivity index (χ2n) is 8.25. The summed E-state index contributed by atoms with van der Waals surface area (Å²) in [5, 5.41) is 24.3. The van der Waals surface area contributed by atoms with Crippen LogP contribution in [0.1, 0.15) is 39.7 Å². The fraction of sp³-hybridized carbons (Fsp3) is 0.160. The van der Waals surface area contributed by atoms with E-state index in [1.54, 1.807) is 6.07 Å². The van der Waals surface area contributed by atoms with E-state index >= 15 is 0 Å². The van der Waals surface area contributed by atoms with Gasteiger partial charge in [-0.25, -0.2) is 0 Å². The predicted octanol–water partition coefficient (Wildman–Crippen LogP) is 3.32. The molecule has 1 fully saturated rings. The van der Waals surface area contributed by atoms with Gasteiger partial charge in [-0.1, -0.05) is 48.5 Å². The monoisotopic (exact) mass is 410 g/mol. The second kappa shape index (κ2) is 6.28. The van der Waals surface area contributed by atoms with Crippen LogP contribution in [-0.4, -0.2) is 33.3 Å². The number of carbonyl (C=O) groups excluding carboxylic acids is 2. The lowest BCUT2D eigenvalue weighted by atomic mass is 9.55. The highest BCUT2D eigenvalue weighted by atomic mass is 16.3. The molecule has 3 aromatic rings. The quantitative estimate of drug-likeness (QED) is 0.385. The van der Waals surface area contributed by atoms with Crippen LogP contribution in [0.2, 0.25) is 0 Å². The molecule has 1 saturated heterocycles. The highest BCUT2D eigenvalue weighted by Crippen LogP contribution is 2.60. The van der Waals surface area contributed by atoms with Gasteiger partial charge in [0.05, 0.1) is 18.1 Å². The van der Waals surface area contributed by atoms with Gasteiger partial charge in [0.25, 0.3) is 11.8 Å². The number of phenolic OH excluding ortho intramolecular Hbond substituents is 2. The van der Waals surface area contributed by atoms with Crippen molar-refractivity contribution in [2.24, 2.45) is 16.9 Å². The average Bonchev–Trinajstić information content (AvgIpc) is 3.05. The molecule has 0 spiro atoms. The van der Waals surface area contributed by atoms with E-state index in [1.807, 2.05) is 24.3 Å². The maximum Gasteiger partial charge on any atom is 0.254 e. The summed E-state index contributed by atoms with van der Waals surface area (Å²) in [6.45, 7) is 0. The molecular formula is C25H18N2O4. The molecule has 6 nitrogen and oxygen atoms in total. The van der Waals surface area contributed by atoms with Gasteiger partial charge in [-0.05, 0) is 46.0 Å². The van der Waals surface area contributed by atoms with E-state index in [-0.39, 0.29) is 35.1 Å². The first kappa shape index (κ1) is 17.9. The van der Waals surface area contributed by atoms with Crippen molar-refractivity contribution in [2.45, 2.75) is 11.8 Å². The van der Waals surface area contributed by atoms with Gasteiger partial charge in [0, 0.05) is 11.8 Å². The Bertz CT molecular complexity index is 1180. The molecule has 0 aromatic heterocycles. The summed E-state index contributed by atoms with van der Waals surface area (Å²) in [4.78, 5) is 26.8. The molecular weight excluding hydrogens is 392 g/mol. The van der Waals surface area contributed by atoms with Crippen LogP contribution in [-0.2, 0) is 9.59 Å². The number of hydrogen-bond donors (Lipinski definition) is 2. The van der Waals surface area contributed by atoms with Crippen molar-refractivity contribution in [2.75, 3.05) is 0 Å². The Morgan fingerprint density at radius 2 is 1.19 bits per heavy atom. The maximum absolute atomic E-state index is 13.4. The molecule has 1 heterocycles. The zero-order valence-electron chi connectivity index (χ0n) is 16.3. The summed E-state index contributed by atoms with van der Waals surface area (Å²) in [6.07, 6.45) is 1.36. The van der Waals surface area contributed by atoms with Crippen molar-refractivity contribution >= 4 is 18.0 Å². The Hall–Kier alpha value is -3.93. The van der Waals surface area contributed by atoms with Crippen LogP contribution in [0.25, 0.3) is 0 Å². The average molecular weight is 410 g/mol. The van der Waals surface area contributed by atoms with Crippen LogP contribution >= 0.6 is 0 Å². The molecule has 0 radical (unpaired) electrons. The van der Waals surface area contributed by atoms with Crippen LogP contribution in [0.15, 0.2) is 71.8 Å². The van der Waals surface area contributed by atoms with Gasteiger partial charge in [0.15, 0.2) is 11.5 Å². The number of hydrazone groups is 1. The van der Waals surface area contributed by atoms with Crippen LogP contribution in [0, 0.1) is 11.8 Å². The third-order valence-electron chi connectivity index (χ3n) is 6.75. The Morgan fingerprint density at radius 3 is 1.65 bits per heavy atom. The van der Waals surface area contributed by atoms with E-state index in [0.29, 0.717) is 5.56 Å². The van der Waals surface area contributed by atoms with Crippen molar-refractivity contribution in [1.29, 1.82) is 0 Å². The number of carbonyl (C=O) groups is 2. The number of hydrogen-bond acceptors (Lipinski definition) is 5. The van der Waals surface area contributed by atoms with Crippen LogP contribution in [0.3, 0.4) is 0 Å². The normalized spacial score (nSPS) is 25.6. The molecule has 6 heteroatoms. The van der Waals surface area contributed by atoms with E-state index < -0.39 is 11.8 Å². The van der Waals surface area contributed by atoms with Crippen LogP contribution in [0.4, 0.5) is 0 Å². The third-order valence-corrected chi connectivity index (χ3v) is 6.75. The molecule has 1 aliphatic heterocycles. The second-order valence-corrected chi connectivity index (χ2v) is 8.25. The molecule has 3 aliphatic carbocycles. The molecule has 2 amide bonds. The Kier molecular flexibility index (Phi) is 3.63. The number of phenols is 2. The Labute approximate surface area is 178 Å². The molecule has 152 valence electrons. The third kappa shape index (κ3) is 2.36. The van der Waals surface area contributed by atoms with Crippen LogP contribution < -0.4 is 0 Å². The first-order valence-electron chi connectivity index (χ1n) is 10.2. The number of aromatic hydroxyl groups is 2. The van der Waals surface area contributed by atoms with E-state index in [0.717, 1.165) is 27.3 Å². The smallest absolute Gasteiger partial charge is 0.254 e. The zero-order valence-corrected chi connectivity index (χ0v) is 16.3. The molecule has 2 bridgehead atoms. The first-order chi connectivity index (χ1) is 15.1. The van der Waals surface area contributed by atoms with Crippen LogP contribution in [0.5, 0.6) is 11.5 Å². The first-order valence-corrected chi connectivity index (χ1v) is 10.2. The largest absolute Gasteiger partial charge is 0.504 e. The summed E-state index contributed by atoms with van der Waals surface area (Å²) in [5.74, 6) is -2.43. The number of nitrogens with zero attached hydrogens (tertiary/aromatic N) is 2. The van der Waals surface area contributed by atoms with Gasteiger partial charge in [-0.15, -0.1) is 0 Å².